The van der Waals surface area contributed by atoms with Crippen LogP contribution in [0, 0.1) is 19.7 Å². The van der Waals surface area contributed by atoms with Gasteiger partial charge in [-0.1, -0.05) is 24.3 Å². The molecule has 3 aromatic heterocycles. The third-order valence-electron chi connectivity index (χ3n) is 6.76. The SMILES string of the molecule is Cc1nc(C)c2nc(-c3cncc(F)c3)n(Cc3ccc(CN4CC5CC4CN5)cc3)c2n1. The molecule has 0 aliphatic carbocycles. The van der Waals surface area contributed by atoms with E-state index in [9.17, 15) is 4.39 Å². The summed E-state index contributed by atoms with van der Waals surface area (Å²) >= 11 is 0. The highest BCUT2D eigenvalue weighted by Crippen LogP contribution is 2.27. The summed E-state index contributed by atoms with van der Waals surface area (Å²) in [7, 11) is 0. The smallest absolute Gasteiger partial charge is 0.164 e. The standard InChI is InChI=1S/C25H26FN7/c1-15-23-25(30-16(2)29-15)33(24(31-23)19-7-20(26)10-27-9-19)13-18-5-3-17(4-6-18)12-32-14-21-8-22(32)11-28-21/h3-7,9-10,21-22,28H,8,11-14H2,1-2H3. The van der Waals surface area contributed by atoms with Crippen LogP contribution in [0.4, 0.5) is 4.39 Å². The number of rotatable bonds is 5. The van der Waals surface area contributed by atoms with Crippen LogP contribution in [0.1, 0.15) is 29.1 Å². The summed E-state index contributed by atoms with van der Waals surface area (Å²) in [5.74, 6) is 0.944. The van der Waals surface area contributed by atoms with E-state index in [2.05, 4.69) is 49.4 Å². The Morgan fingerprint density at radius 1 is 1.03 bits per heavy atom. The van der Waals surface area contributed by atoms with E-state index in [1.165, 1.54) is 24.2 Å². The van der Waals surface area contributed by atoms with E-state index in [0.717, 1.165) is 42.1 Å². The fourth-order valence-corrected chi connectivity index (χ4v) is 5.19. The molecule has 1 aromatic carbocycles. The van der Waals surface area contributed by atoms with Crippen LogP contribution >= 0.6 is 0 Å². The van der Waals surface area contributed by atoms with E-state index in [4.69, 9.17) is 4.98 Å². The van der Waals surface area contributed by atoms with Crippen LogP contribution in [-0.2, 0) is 13.1 Å². The molecule has 7 nitrogen and oxygen atoms in total. The van der Waals surface area contributed by atoms with Gasteiger partial charge >= 0.3 is 0 Å². The molecule has 0 radical (unpaired) electrons. The lowest BCUT2D eigenvalue weighted by atomic mass is 10.1. The number of fused-ring (bicyclic) bond motifs is 3. The minimum atomic E-state index is -0.389. The molecule has 2 fully saturated rings. The molecular formula is C25H26FN7. The zero-order valence-corrected chi connectivity index (χ0v) is 18.8. The number of aromatic nitrogens is 5. The number of halogens is 1. The molecule has 0 amide bonds. The summed E-state index contributed by atoms with van der Waals surface area (Å²) in [5.41, 5.74) is 5.39. The quantitative estimate of drug-likeness (QED) is 0.511. The first-order chi connectivity index (χ1) is 16.0. The normalized spacial score (nSPS) is 20.2. The Labute approximate surface area is 191 Å². The van der Waals surface area contributed by atoms with Crippen molar-refractivity contribution in [2.24, 2.45) is 0 Å². The number of piperazine rings is 1. The van der Waals surface area contributed by atoms with Gasteiger partial charge in [-0.25, -0.2) is 19.3 Å². The van der Waals surface area contributed by atoms with Gasteiger partial charge in [0.1, 0.15) is 23.0 Å². The third-order valence-corrected chi connectivity index (χ3v) is 6.76. The molecule has 2 aliphatic rings. The van der Waals surface area contributed by atoms with Crippen LogP contribution in [0.5, 0.6) is 0 Å². The summed E-state index contributed by atoms with van der Waals surface area (Å²) in [5, 5.41) is 3.56. The third kappa shape index (κ3) is 3.79. The van der Waals surface area contributed by atoms with Crippen LogP contribution in [0.25, 0.3) is 22.6 Å². The number of nitrogens with zero attached hydrogens (tertiary/aromatic N) is 6. The fraction of sp³-hybridized carbons (Fsp3) is 0.360. The van der Waals surface area contributed by atoms with E-state index < -0.39 is 0 Å². The number of hydrogen-bond acceptors (Lipinski definition) is 6. The van der Waals surface area contributed by atoms with Crippen LogP contribution in [0.15, 0.2) is 42.7 Å². The molecule has 2 atom stereocenters. The fourth-order valence-electron chi connectivity index (χ4n) is 5.19. The van der Waals surface area contributed by atoms with Gasteiger partial charge < -0.3 is 9.88 Å². The number of hydrogen-bond donors (Lipinski definition) is 1. The molecule has 33 heavy (non-hydrogen) atoms. The molecule has 0 spiro atoms. The predicted octanol–water partition coefficient (Wildman–Crippen LogP) is 3.24. The van der Waals surface area contributed by atoms with Crippen molar-refractivity contribution < 1.29 is 4.39 Å². The van der Waals surface area contributed by atoms with Gasteiger partial charge in [-0.05, 0) is 37.5 Å². The van der Waals surface area contributed by atoms with Crippen molar-refractivity contribution in [1.82, 2.24) is 34.7 Å². The lowest BCUT2D eigenvalue weighted by molar-refractivity contribution is 0.218. The van der Waals surface area contributed by atoms with Crippen molar-refractivity contribution in [1.29, 1.82) is 0 Å². The molecular weight excluding hydrogens is 417 g/mol. The highest BCUT2D eigenvalue weighted by atomic mass is 19.1. The Bertz CT molecular complexity index is 1330. The molecule has 5 heterocycles. The van der Waals surface area contributed by atoms with Gasteiger partial charge in [-0.3, -0.25) is 9.88 Å². The second-order valence-corrected chi connectivity index (χ2v) is 9.18. The highest BCUT2D eigenvalue weighted by molar-refractivity contribution is 5.79. The Kier molecular flexibility index (Phi) is 4.92. The molecule has 1 N–H and O–H groups in total. The number of aryl methyl sites for hydroxylation is 2. The van der Waals surface area contributed by atoms with Crippen LogP contribution in [-0.4, -0.2) is 54.6 Å². The van der Waals surface area contributed by atoms with Gasteiger partial charge in [0.15, 0.2) is 5.65 Å². The van der Waals surface area contributed by atoms with Crippen molar-refractivity contribution in [3.05, 3.63) is 71.2 Å². The molecule has 4 aromatic rings. The first kappa shape index (κ1) is 20.4. The molecule has 2 aliphatic heterocycles. The highest BCUT2D eigenvalue weighted by Gasteiger charge is 2.37. The van der Waals surface area contributed by atoms with Crippen molar-refractivity contribution in [3.63, 3.8) is 0 Å². The average Bonchev–Trinajstić information content (AvgIpc) is 3.50. The van der Waals surface area contributed by atoms with Crippen molar-refractivity contribution in [2.75, 3.05) is 13.1 Å². The largest absolute Gasteiger partial charge is 0.311 e. The van der Waals surface area contributed by atoms with Gasteiger partial charge in [0, 0.05) is 43.5 Å². The summed E-state index contributed by atoms with van der Waals surface area (Å²) < 4.78 is 16.0. The lowest BCUT2D eigenvalue weighted by Crippen LogP contribution is -2.42. The maximum Gasteiger partial charge on any atom is 0.164 e. The van der Waals surface area contributed by atoms with Crippen molar-refractivity contribution in [2.45, 2.75) is 45.4 Å². The minimum Gasteiger partial charge on any atom is -0.311 e. The summed E-state index contributed by atoms with van der Waals surface area (Å²) in [6.45, 7) is 7.62. The Hall–Kier alpha value is -3.23. The summed E-state index contributed by atoms with van der Waals surface area (Å²) in [6.07, 6.45) is 4.11. The molecule has 168 valence electrons. The molecule has 2 bridgehead atoms. The Morgan fingerprint density at radius 3 is 2.52 bits per heavy atom. The second-order valence-electron chi connectivity index (χ2n) is 9.18. The molecule has 2 saturated heterocycles. The molecule has 6 rings (SSSR count). The maximum absolute atomic E-state index is 13.9. The van der Waals surface area contributed by atoms with Crippen molar-refractivity contribution in [3.8, 4) is 11.4 Å². The first-order valence-corrected chi connectivity index (χ1v) is 11.4. The summed E-state index contributed by atoms with van der Waals surface area (Å²) in [6, 6.07) is 11.5. The van der Waals surface area contributed by atoms with E-state index in [0.29, 0.717) is 35.8 Å². The van der Waals surface area contributed by atoms with E-state index >= 15 is 0 Å². The van der Waals surface area contributed by atoms with Crippen LogP contribution in [0.3, 0.4) is 0 Å². The van der Waals surface area contributed by atoms with Crippen molar-refractivity contribution >= 4 is 11.2 Å². The topological polar surface area (TPSA) is 71.8 Å². The van der Waals surface area contributed by atoms with E-state index in [1.54, 1.807) is 6.20 Å². The van der Waals surface area contributed by atoms with Crippen LogP contribution < -0.4 is 5.32 Å². The van der Waals surface area contributed by atoms with Gasteiger partial charge in [0.2, 0.25) is 0 Å². The predicted molar refractivity (Wildman–Crippen MR) is 124 cm³/mol. The Balaban J connectivity index is 1.33. The summed E-state index contributed by atoms with van der Waals surface area (Å²) in [4.78, 5) is 20.5. The molecule has 2 unspecified atom stereocenters. The van der Waals surface area contributed by atoms with Gasteiger partial charge in [-0.2, -0.15) is 0 Å². The first-order valence-electron chi connectivity index (χ1n) is 11.4. The molecule has 8 heteroatoms. The monoisotopic (exact) mass is 443 g/mol. The van der Waals surface area contributed by atoms with Gasteiger partial charge in [0.25, 0.3) is 0 Å². The maximum atomic E-state index is 13.9. The number of nitrogens with one attached hydrogen (secondary N) is 1. The second kappa shape index (κ2) is 7.97. The number of likely N-dealkylation sites (tertiary alicyclic amines) is 1. The van der Waals surface area contributed by atoms with Gasteiger partial charge in [0.05, 0.1) is 18.4 Å². The minimum absolute atomic E-state index is 0.389. The van der Waals surface area contributed by atoms with Gasteiger partial charge in [-0.15, -0.1) is 0 Å². The number of benzene rings is 1. The molecule has 0 saturated carbocycles. The zero-order valence-electron chi connectivity index (χ0n) is 18.8. The number of pyridine rings is 1. The van der Waals surface area contributed by atoms with Crippen LogP contribution in [0.2, 0.25) is 0 Å². The lowest BCUT2D eigenvalue weighted by Gasteiger charge is -2.27. The zero-order chi connectivity index (χ0) is 22.5. The van der Waals surface area contributed by atoms with E-state index in [1.807, 2.05) is 18.4 Å². The Morgan fingerprint density at radius 2 is 1.82 bits per heavy atom. The van der Waals surface area contributed by atoms with E-state index in [-0.39, 0.29) is 5.82 Å². The average molecular weight is 444 g/mol. The number of imidazole rings is 1.